The maximum absolute atomic E-state index is 13.1. The fourth-order valence-electron chi connectivity index (χ4n) is 1.27. The summed E-state index contributed by atoms with van der Waals surface area (Å²) in [7, 11) is 0. The van der Waals surface area contributed by atoms with Crippen molar-refractivity contribution in [1.82, 2.24) is 4.98 Å². The molecule has 1 heterocycles. The largest absolute Gasteiger partial charge is 0.328 e. The van der Waals surface area contributed by atoms with Crippen molar-refractivity contribution in [3.8, 4) is 11.1 Å². The van der Waals surface area contributed by atoms with E-state index in [4.69, 9.17) is 11.6 Å². The summed E-state index contributed by atoms with van der Waals surface area (Å²) in [6, 6.07) is 7.52. The smallest absolute Gasteiger partial charge is 0.247 e. The van der Waals surface area contributed by atoms with Gasteiger partial charge in [-0.25, -0.2) is 4.39 Å². The number of pyridine rings is 1. The Morgan fingerprint density at radius 3 is 2.47 bits per heavy atom. The average molecular weight is 224 g/mol. The van der Waals surface area contributed by atoms with Gasteiger partial charge in [0.05, 0.1) is 5.02 Å². The highest BCUT2D eigenvalue weighted by Gasteiger charge is 2.02. The summed E-state index contributed by atoms with van der Waals surface area (Å²) in [6.45, 7) is 0. The molecule has 0 saturated heterocycles. The molecular weight excluding hydrogens is 217 g/mol. The SMILES string of the molecule is O=c1ccc(-c2ccc(Cl)c(F)c2)c[nH]1. The molecule has 15 heavy (non-hydrogen) atoms. The number of H-pyrrole nitrogens is 1. The Kier molecular flexibility index (Phi) is 2.56. The molecular formula is C11H7ClFNO. The standard InChI is InChI=1S/C11H7ClFNO/c12-9-3-1-7(5-10(9)13)8-2-4-11(15)14-6-8/h1-6H,(H,14,15). The van der Waals surface area contributed by atoms with Crippen LogP contribution in [-0.2, 0) is 0 Å². The second-order valence-electron chi connectivity index (χ2n) is 3.07. The molecule has 76 valence electrons. The number of hydrogen-bond donors (Lipinski definition) is 1. The molecule has 0 amide bonds. The Bertz CT molecular complexity index is 530. The molecule has 2 nitrogen and oxygen atoms in total. The highest BCUT2D eigenvalue weighted by Crippen LogP contribution is 2.22. The fourth-order valence-corrected chi connectivity index (χ4v) is 1.38. The number of halogens is 2. The second kappa shape index (κ2) is 3.87. The Hall–Kier alpha value is -1.61. The molecule has 0 saturated carbocycles. The molecule has 0 aliphatic rings. The third kappa shape index (κ3) is 2.07. The maximum Gasteiger partial charge on any atom is 0.247 e. The van der Waals surface area contributed by atoms with E-state index in [0.717, 1.165) is 5.56 Å². The van der Waals surface area contributed by atoms with Crippen LogP contribution in [0.3, 0.4) is 0 Å². The van der Waals surface area contributed by atoms with Crippen molar-refractivity contribution >= 4 is 11.6 Å². The molecule has 1 N–H and O–H groups in total. The van der Waals surface area contributed by atoms with Gasteiger partial charge in [0, 0.05) is 12.3 Å². The first-order valence-electron chi connectivity index (χ1n) is 4.31. The van der Waals surface area contributed by atoms with Gasteiger partial charge in [-0.3, -0.25) is 4.79 Å². The van der Waals surface area contributed by atoms with Crippen LogP contribution in [0.1, 0.15) is 0 Å². The van der Waals surface area contributed by atoms with Crippen molar-refractivity contribution in [2.75, 3.05) is 0 Å². The zero-order chi connectivity index (χ0) is 10.8. The van der Waals surface area contributed by atoms with Crippen LogP contribution >= 0.6 is 11.6 Å². The first-order valence-corrected chi connectivity index (χ1v) is 4.69. The fraction of sp³-hybridized carbons (Fsp3) is 0. The van der Waals surface area contributed by atoms with E-state index in [0.29, 0.717) is 5.56 Å². The van der Waals surface area contributed by atoms with Gasteiger partial charge in [0.15, 0.2) is 0 Å². The van der Waals surface area contributed by atoms with Crippen molar-refractivity contribution < 1.29 is 4.39 Å². The van der Waals surface area contributed by atoms with Crippen molar-refractivity contribution in [1.29, 1.82) is 0 Å². The van der Waals surface area contributed by atoms with Gasteiger partial charge in [0.1, 0.15) is 5.82 Å². The quantitative estimate of drug-likeness (QED) is 0.792. The number of nitrogens with one attached hydrogen (secondary N) is 1. The molecule has 1 aromatic carbocycles. The van der Waals surface area contributed by atoms with E-state index < -0.39 is 5.82 Å². The average Bonchev–Trinajstić information content (AvgIpc) is 2.23. The van der Waals surface area contributed by atoms with E-state index in [9.17, 15) is 9.18 Å². The lowest BCUT2D eigenvalue weighted by Gasteiger charge is -2.01. The van der Waals surface area contributed by atoms with Crippen molar-refractivity contribution in [3.05, 3.63) is 57.7 Å². The molecule has 0 bridgehead atoms. The molecule has 0 aliphatic heterocycles. The molecule has 2 aromatic rings. The molecule has 0 unspecified atom stereocenters. The lowest BCUT2D eigenvalue weighted by atomic mass is 10.1. The highest BCUT2D eigenvalue weighted by atomic mass is 35.5. The Balaban J connectivity index is 2.50. The number of benzene rings is 1. The second-order valence-corrected chi connectivity index (χ2v) is 3.48. The summed E-state index contributed by atoms with van der Waals surface area (Å²) in [4.78, 5) is 13.3. The summed E-state index contributed by atoms with van der Waals surface area (Å²) in [5, 5.41) is 0.0863. The Labute approximate surface area is 90.3 Å². The third-order valence-electron chi connectivity index (χ3n) is 2.04. The van der Waals surface area contributed by atoms with Crippen LogP contribution < -0.4 is 5.56 Å². The van der Waals surface area contributed by atoms with Crippen LogP contribution in [0.2, 0.25) is 5.02 Å². The van der Waals surface area contributed by atoms with E-state index >= 15 is 0 Å². The van der Waals surface area contributed by atoms with Crippen LogP contribution in [0, 0.1) is 5.82 Å². The Morgan fingerprint density at radius 2 is 1.87 bits per heavy atom. The van der Waals surface area contributed by atoms with Crippen LogP contribution in [0.5, 0.6) is 0 Å². The summed E-state index contributed by atoms with van der Waals surface area (Å²) < 4.78 is 13.1. The molecule has 0 atom stereocenters. The minimum absolute atomic E-state index is 0.0863. The zero-order valence-corrected chi connectivity index (χ0v) is 8.38. The van der Waals surface area contributed by atoms with Crippen molar-refractivity contribution in [2.45, 2.75) is 0 Å². The summed E-state index contributed by atoms with van der Waals surface area (Å²) in [5.41, 5.74) is 1.23. The first-order chi connectivity index (χ1) is 7.16. The van der Waals surface area contributed by atoms with Crippen LogP contribution in [0.4, 0.5) is 4.39 Å². The molecule has 0 fully saturated rings. The molecule has 4 heteroatoms. The van der Waals surface area contributed by atoms with E-state index in [1.807, 2.05) is 0 Å². The summed E-state index contributed by atoms with van der Waals surface area (Å²) in [5.74, 6) is -0.472. The first kappa shape index (κ1) is 9.93. The zero-order valence-electron chi connectivity index (χ0n) is 7.63. The van der Waals surface area contributed by atoms with E-state index in [-0.39, 0.29) is 10.6 Å². The topological polar surface area (TPSA) is 32.9 Å². The van der Waals surface area contributed by atoms with Gasteiger partial charge in [-0.2, -0.15) is 0 Å². The van der Waals surface area contributed by atoms with Gasteiger partial charge in [-0.1, -0.05) is 17.7 Å². The van der Waals surface area contributed by atoms with Crippen LogP contribution in [0.15, 0.2) is 41.3 Å². The minimum atomic E-state index is -0.472. The third-order valence-corrected chi connectivity index (χ3v) is 2.34. The summed E-state index contributed by atoms with van der Waals surface area (Å²) in [6.07, 6.45) is 1.53. The maximum atomic E-state index is 13.1. The van der Waals surface area contributed by atoms with Gasteiger partial charge in [0.25, 0.3) is 0 Å². The molecule has 1 aromatic heterocycles. The number of aromatic nitrogens is 1. The van der Waals surface area contributed by atoms with Crippen molar-refractivity contribution in [2.24, 2.45) is 0 Å². The van der Waals surface area contributed by atoms with Gasteiger partial charge in [0.2, 0.25) is 5.56 Å². The normalized spacial score (nSPS) is 10.3. The lowest BCUT2D eigenvalue weighted by Crippen LogP contribution is -2.01. The molecule has 0 aliphatic carbocycles. The molecule has 2 rings (SSSR count). The highest BCUT2D eigenvalue weighted by molar-refractivity contribution is 6.30. The number of hydrogen-bond acceptors (Lipinski definition) is 1. The number of rotatable bonds is 1. The van der Waals surface area contributed by atoms with E-state index in [2.05, 4.69) is 4.98 Å². The van der Waals surface area contributed by atoms with E-state index in [1.165, 1.54) is 24.4 Å². The van der Waals surface area contributed by atoms with Gasteiger partial charge in [-0.15, -0.1) is 0 Å². The Morgan fingerprint density at radius 1 is 1.13 bits per heavy atom. The predicted octanol–water partition coefficient (Wildman–Crippen LogP) is 2.83. The van der Waals surface area contributed by atoms with Gasteiger partial charge in [-0.05, 0) is 29.3 Å². The number of aromatic amines is 1. The monoisotopic (exact) mass is 223 g/mol. The van der Waals surface area contributed by atoms with Gasteiger partial charge >= 0.3 is 0 Å². The van der Waals surface area contributed by atoms with Gasteiger partial charge < -0.3 is 4.98 Å². The van der Waals surface area contributed by atoms with Crippen LogP contribution in [0.25, 0.3) is 11.1 Å². The predicted molar refractivity (Wildman–Crippen MR) is 57.5 cm³/mol. The summed E-state index contributed by atoms with van der Waals surface area (Å²) >= 11 is 5.56. The lowest BCUT2D eigenvalue weighted by molar-refractivity contribution is 0.629. The van der Waals surface area contributed by atoms with E-state index in [1.54, 1.807) is 12.1 Å². The molecule has 0 radical (unpaired) electrons. The molecule has 0 spiro atoms. The van der Waals surface area contributed by atoms with Crippen molar-refractivity contribution in [3.63, 3.8) is 0 Å². The van der Waals surface area contributed by atoms with Crippen LogP contribution in [-0.4, -0.2) is 4.98 Å². The minimum Gasteiger partial charge on any atom is -0.328 e.